The van der Waals surface area contributed by atoms with E-state index in [-0.39, 0.29) is 16.5 Å². The zero-order chi connectivity index (χ0) is 16.8. The van der Waals surface area contributed by atoms with Gasteiger partial charge in [0.2, 0.25) is 0 Å². The largest absolute Gasteiger partial charge is 0.431 e. The van der Waals surface area contributed by atoms with Crippen molar-refractivity contribution in [2.45, 2.75) is 6.18 Å². The lowest BCUT2D eigenvalue weighted by molar-refractivity contribution is -0.142. The van der Waals surface area contributed by atoms with E-state index in [4.69, 9.17) is 5.73 Å². The summed E-state index contributed by atoms with van der Waals surface area (Å²) in [5.41, 5.74) is 5.23. The molecule has 3 rings (SSSR count). The van der Waals surface area contributed by atoms with E-state index in [2.05, 4.69) is 15.9 Å². The van der Waals surface area contributed by atoms with Gasteiger partial charge in [-0.15, -0.1) is 0 Å². The third kappa shape index (κ3) is 2.72. The Hall–Kier alpha value is -2.28. The molecular weight excluding hydrogens is 373 g/mol. The predicted molar refractivity (Wildman–Crippen MR) is 85.2 cm³/mol. The lowest BCUT2D eigenvalue weighted by Crippen LogP contribution is -2.20. The van der Waals surface area contributed by atoms with Gasteiger partial charge in [-0.3, -0.25) is 9.36 Å². The van der Waals surface area contributed by atoms with E-state index >= 15 is 0 Å². The van der Waals surface area contributed by atoms with Gasteiger partial charge in [0.25, 0.3) is 5.91 Å². The number of rotatable bonds is 1. The number of hydrogen-bond donors (Lipinski definition) is 1. The van der Waals surface area contributed by atoms with E-state index in [0.717, 1.165) is 6.07 Å². The second kappa shape index (κ2) is 5.42. The highest BCUT2D eigenvalue weighted by molar-refractivity contribution is 9.10. The zero-order valence-corrected chi connectivity index (χ0v) is 13.1. The van der Waals surface area contributed by atoms with Gasteiger partial charge >= 0.3 is 6.18 Å². The number of hydrogen-bond acceptors (Lipinski definition) is 2. The van der Waals surface area contributed by atoms with Crippen LogP contribution in [0.2, 0.25) is 0 Å². The maximum atomic E-state index is 13.3. The fourth-order valence-electron chi connectivity index (χ4n) is 2.42. The molecule has 118 valence electrons. The lowest BCUT2D eigenvalue weighted by atomic mass is 10.2. The molecule has 0 aliphatic rings. The molecule has 23 heavy (non-hydrogen) atoms. The highest BCUT2D eigenvalue weighted by atomic mass is 79.9. The van der Waals surface area contributed by atoms with Crippen molar-refractivity contribution in [2.75, 3.05) is 5.73 Å². The second-order valence-electron chi connectivity index (χ2n) is 4.97. The number of nitrogen functional groups attached to an aromatic ring is 1. The number of carbonyl (C=O) groups is 1. The van der Waals surface area contributed by atoms with Gasteiger partial charge in [-0.1, -0.05) is 12.1 Å². The highest BCUT2D eigenvalue weighted by Gasteiger charge is 2.37. The number of fused-ring (bicyclic) bond motifs is 1. The summed E-state index contributed by atoms with van der Waals surface area (Å²) >= 11 is 3.20. The number of nitrogens with two attached hydrogens (primary N) is 1. The molecule has 1 aromatic heterocycles. The standard InChI is InChI=1S/C16H10BrF3N2O/c17-12-4-2-1-3-11(12)15(23)22-13-6-5-10(21)7-9(13)8-14(22)16(18,19)20/h1-8H,21H2. The first-order valence-corrected chi connectivity index (χ1v) is 7.36. The molecule has 0 bridgehead atoms. The molecular formula is C16H10BrF3N2O. The smallest absolute Gasteiger partial charge is 0.399 e. The zero-order valence-electron chi connectivity index (χ0n) is 11.6. The Balaban J connectivity index is 2.31. The summed E-state index contributed by atoms with van der Waals surface area (Å²) in [5.74, 6) is -0.760. The predicted octanol–water partition coefficient (Wildman–Crippen LogP) is 4.69. The van der Waals surface area contributed by atoms with Crippen molar-refractivity contribution in [2.24, 2.45) is 0 Å². The Kier molecular flexibility index (Phi) is 3.68. The van der Waals surface area contributed by atoms with E-state index in [9.17, 15) is 18.0 Å². The van der Waals surface area contributed by atoms with Crippen LogP contribution in [0.5, 0.6) is 0 Å². The number of aromatic nitrogens is 1. The number of nitrogens with zero attached hydrogens (tertiary/aromatic N) is 1. The molecule has 0 atom stereocenters. The highest BCUT2D eigenvalue weighted by Crippen LogP contribution is 2.35. The van der Waals surface area contributed by atoms with Gasteiger partial charge in [-0.2, -0.15) is 13.2 Å². The van der Waals surface area contributed by atoms with Crippen molar-refractivity contribution < 1.29 is 18.0 Å². The summed E-state index contributed by atoms with van der Waals surface area (Å²) in [4.78, 5) is 12.7. The topological polar surface area (TPSA) is 48.0 Å². The number of alkyl halides is 3. The van der Waals surface area contributed by atoms with Crippen LogP contribution in [0, 0.1) is 0 Å². The number of anilines is 1. The van der Waals surface area contributed by atoms with E-state index < -0.39 is 17.8 Å². The van der Waals surface area contributed by atoms with Crippen molar-refractivity contribution in [1.29, 1.82) is 0 Å². The van der Waals surface area contributed by atoms with Crippen molar-refractivity contribution in [3.05, 3.63) is 64.3 Å². The van der Waals surface area contributed by atoms with Crippen LogP contribution in [0.25, 0.3) is 10.9 Å². The molecule has 3 nitrogen and oxygen atoms in total. The Morgan fingerprint density at radius 3 is 2.43 bits per heavy atom. The monoisotopic (exact) mass is 382 g/mol. The SMILES string of the molecule is Nc1ccc2c(c1)cc(C(F)(F)F)n2C(=O)c1ccccc1Br. The number of halogens is 4. The average molecular weight is 383 g/mol. The molecule has 0 fully saturated rings. The van der Waals surface area contributed by atoms with E-state index in [1.54, 1.807) is 18.2 Å². The molecule has 2 aromatic carbocycles. The first-order chi connectivity index (χ1) is 10.8. The van der Waals surface area contributed by atoms with E-state index in [1.807, 2.05) is 0 Å². The molecule has 1 heterocycles. The molecule has 3 aromatic rings. The Morgan fingerprint density at radius 2 is 1.78 bits per heavy atom. The van der Waals surface area contributed by atoms with Gasteiger partial charge < -0.3 is 5.73 Å². The number of benzene rings is 2. The maximum Gasteiger partial charge on any atom is 0.431 e. The lowest BCUT2D eigenvalue weighted by Gasteiger charge is -2.12. The quantitative estimate of drug-likeness (QED) is 0.620. The molecule has 7 heteroatoms. The Bertz CT molecular complexity index is 915. The fourth-order valence-corrected chi connectivity index (χ4v) is 2.87. The van der Waals surface area contributed by atoms with Crippen LogP contribution in [0.3, 0.4) is 0 Å². The van der Waals surface area contributed by atoms with Crippen LogP contribution in [-0.2, 0) is 6.18 Å². The van der Waals surface area contributed by atoms with Crippen LogP contribution in [0.15, 0.2) is 53.0 Å². The molecule has 0 amide bonds. The molecule has 0 aliphatic carbocycles. The van der Waals surface area contributed by atoms with Crippen LogP contribution >= 0.6 is 15.9 Å². The first kappa shape index (κ1) is 15.6. The van der Waals surface area contributed by atoms with Crippen LogP contribution < -0.4 is 5.73 Å². The minimum Gasteiger partial charge on any atom is -0.399 e. The summed E-state index contributed by atoms with van der Waals surface area (Å²) in [6, 6.07) is 11.6. The van der Waals surface area contributed by atoms with E-state index in [1.165, 1.54) is 24.3 Å². The van der Waals surface area contributed by atoms with Gasteiger partial charge in [0, 0.05) is 15.5 Å². The summed E-state index contributed by atoms with van der Waals surface area (Å²) in [7, 11) is 0. The normalized spacial score (nSPS) is 11.8. The average Bonchev–Trinajstić information content (AvgIpc) is 2.85. The maximum absolute atomic E-state index is 13.3. The molecule has 0 spiro atoms. The van der Waals surface area contributed by atoms with Gasteiger partial charge in [0.05, 0.1) is 11.1 Å². The van der Waals surface area contributed by atoms with Crippen LogP contribution in [-0.4, -0.2) is 10.5 Å². The molecule has 0 unspecified atom stereocenters. The van der Waals surface area contributed by atoms with Crippen molar-refractivity contribution >= 4 is 38.4 Å². The van der Waals surface area contributed by atoms with Gasteiger partial charge in [0.15, 0.2) is 0 Å². The third-order valence-electron chi connectivity index (χ3n) is 3.42. The molecule has 0 aliphatic heterocycles. The summed E-state index contributed by atoms with van der Waals surface area (Å²) in [5, 5.41) is 0.262. The molecule has 0 saturated heterocycles. The first-order valence-electron chi connectivity index (χ1n) is 6.56. The van der Waals surface area contributed by atoms with Crippen LogP contribution in [0.4, 0.5) is 18.9 Å². The number of carbonyl (C=O) groups excluding carboxylic acids is 1. The minimum absolute atomic E-state index is 0.146. The van der Waals surface area contributed by atoms with Crippen molar-refractivity contribution in [1.82, 2.24) is 4.57 Å². The second-order valence-corrected chi connectivity index (χ2v) is 5.82. The molecule has 0 saturated carbocycles. The summed E-state index contributed by atoms with van der Waals surface area (Å²) in [6.07, 6.45) is -4.66. The molecule has 2 N–H and O–H groups in total. The van der Waals surface area contributed by atoms with Gasteiger partial charge in [-0.25, -0.2) is 0 Å². The van der Waals surface area contributed by atoms with Crippen molar-refractivity contribution in [3.8, 4) is 0 Å². The van der Waals surface area contributed by atoms with Crippen LogP contribution in [0.1, 0.15) is 16.1 Å². The fraction of sp³-hybridized carbons (Fsp3) is 0.0625. The van der Waals surface area contributed by atoms with Gasteiger partial charge in [-0.05, 0) is 52.3 Å². The summed E-state index contributed by atoms with van der Waals surface area (Å²) < 4.78 is 41.1. The Labute approximate surface area is 137 Å². The van der Waals surface area contributed by atoms with E-state index in [0.29, 0.717) is 14.7 Å². The minimum atomic E-state index is -4.66. The van der Waals surface area contributed by atoms with Crippen molar-refractivity contribution in [3.63, 3.8) is 0 Å². The summed E-state index contributed by atoms with van der Waals surface area (Å²) in [6.45, 7) is 0. The molecule has 0 radical (unpaired) electrons. The third-order valence-corrected chi connectivity index (χ3v) is 4.11. The van der Waals surface area contributed by atoms with Gasteiger partial charge in [0.1, 0.15) is 5.69 Å². The Morgan fingerprint density at radius 1 is 1.09 bits per heavy atom.